The number of carbonyl (C=O) groups excluding carboxylic acids is 1. The van der Waals surface area contributed by atoms with Gasteiger partial charge in [0, 0.05) is 11.3 Å². The average Bonchev–Trinajstić information content (AvgIpc) is 3.24. The van der Waals surface area contributed by atoms with E-state index in [1.165, 1.54) is 19.4 Å². The maximum absolute atomic E-state index is 13.1. The summed E-state index contributed by atoms with van der Waals surface area (Å²) in [5.74, 6) is 0.279. The number of para-hydroxylation sites is 1. The fourth-order valence-corrected chi connectivity index (χ4v) is 5.73. The Bertz CT molecular complexity index is 1310. The van der Waals surface area contributed by atoms with E-state index in [0.717, 1.165) is 24.1 Å². The number of fused-ring (bicyclic) bond motifs is 1. The molecule has 180 valence electrons. The zero-order valence-electron chi connectivity index (χ0n) is 18.2. The van der Waals surface area contributed by atoms with Gasteiger partial charge >= 0.3 is 5.97 Å². The number of benzene rings is 1. The van der Waals surface area contributed by atoms with Crippen LogP contribution in [-0.4, -0.2) is 36.3 Å². The monoisotopic (exact) mass is 568 g/mol. The Balaban J connectivity index is 1.51. The number of methoxy groups -OCH3 is 1. The predicted octanol–water partition coefficient (Wildman–Crippen LogP) is 4.41. The number of rotatable bonds is 8. The van der Waals surface area contributed by atoms with Gasteiger partial charge in [0.1, 0.15) is 10.6 Å². The zero-order chi connectivity index (χ0) is 24.3. The number of sulfonamides is 1. The third-order valence-corrected chi connectivity index (χ3v) is 7.77. The quantitative estimate of drug-likeness (QED) is 0.400. The van der Waals surface area contributed by atoms with Crippen molar-refractivity contribution in [1.29, 1.82) is 0 Å². The molecule has 1 N–H and O–H groups in total. The van der Waals surface area contributed by atoms with E-state index in [4.69, 9.17) is 16.3 Å². The first-order valence-electron chi connectivity index (χ1n) is 10.5. The van der Waals surface area contributed by atoms with Crippen LogP contribution in [-0.2, 0) is 32.5 Å². The molecule has 1 unspecified atom stereocenters. The summed E-state index contributed by atoms with van der Waals surface area (Å²) in [4.78, 5) is 15.6. The van der Waals surface area contributed by atoms with Gasteiger partial charge < -0.3 is 9.47 Å². The average molecular weight is 570 g/mol. The van der Waals surface area contributed by atoms with Crippen LogP contribution in [0.1, 0.15) is 36.6 Å². The molecule has 3 aromatic rings. The van der Waals surface area contributed by atoms with Gasteiger partial charge in [-0.05, 0) is 53.4 Å². The largest absolute Gasteiger partial charge is 0.469 e. The molecule has 0 bridgehead atoms. The van der Waals surface area contributed by atoms with Crippen LogP contribution in [0.25, 0.3) is 0 Å². The Morgan fingerprint density at radius 3 is 2.85 bits per heavy atom. The summed E-state index contributed by atoms with van der Waals surface area (Å²) < 4.78 is 41.5. The molecule has 0 aliphatic heterocycles. The van der Waals surface area contributed by atoms with Crippen LogP contribution in [0.5, 0.6) is 11.6 Å². The first-order valence-corrected chi connectivity index (χ1v) is 13.2. The molecule has 12 heteroatoms. The third kappa shape index (κ3) is 5.43. The smallest absolute Gasteiger partial charge is 0.307 e. The summed E-state index contributed by atoms with van der Waals surface area (Å²) in [7, 11) is -2.54. The number of carbonyl (C=O) groups is 1. The van der Waals surface area contributed by atoms with E-state index in [0.29, 0.717) is 28.2 Å². The Labute approximate surface area is 210 Å². The van der Waals surface area contributed by atoms with Gasteiger partial charge in [-0.15, -0.1) is 0 Å². The van der Waals surface area contributed by atoms with E-state index in [-0.39, 0.29) is 23.2 Å². The van der Waals surface area contributed by atoms with Gasteiger partial charge in [-0.25, -0.2) is 18.1 Å². The fourth-order valence-electron chi connectivity index (χ4n) is 3.75. The summed E-state index contributed by atoms with van der Waals surface area (Å²) in [5.41, 5.74) is 1.73. The lowest BCUT2D eigenvalue weighted by Gasteiger charge is -2.24. The van der Waals surface area contributed by atoms with Crippen molar-refractivity contribution < 1.29 is 22.7 Å². The van der Waals surface area contributed by atoms with E-state index in [1.807, 2.05) is 0 Å². The number of halogens is 2. The lowest BCUT2D eigenvalue weighted by molar-refractivity contribution is -0.140. The SMILES string of the molecule is COC(=O)CCn1ncc2c1CCCC2NS(=O)(=O)c1cnc(Oc2ccccc2Cl)c(Br)c1. The highest BCUT2D eigenvalue weighted by molar-refractivity contribution is 9.10. The van der Waals surface area contributed by atoms with E-state index in [2.05, 4.69) is 35.5 Å². The van der Waals surface area contributed by atoms with Crippen molar-refractivity contribution in [2.45, 2.75) is 43.2 Å². The molecule has 2 heterocycles. The molecule has 0 radical (unpaired) electrons. The fraction of sp³-hybridized carbons (Fsp3) is 0.318. The second-order valence-electron chi connectivity index (χ2n) is 7.65. The second-order valence-corrected chi connectivity index (χ2v) is 10.6. The van der Waals surface area contributed by atoms with Crippen LogP contribution in [0.4, 0.5) is 0 Å². The van der Waals surface area contributed by atoms with Crippen LogP contribution in [0.2, 0.25) is 5.02 Å². The van der Waals surface area contributed by atoms with E-state index in [1.54, 1.807) is 35.1 Å². The molecule has 34 heavy (non-hydrogen) atoms. The van der Waals surface area contributed by atoms with Crippen molar-refractivity contribution in [3.8, 4) is 11.6 Å². The first kappa shape index (κ1) is 24.6. The maximum Gasteiger partial charge on any atom is 0.307 e. The Morgan fingerprint density at radius 2 is 2.12 bits per heavy atom. The second kappa shape index (κ2) is 10.4. The summed E-state index contributed by atoms with van der Waals surface area (Å²) in [5, 5.41) is 4.77. The number of hydrogen-bond donors (Lipinski definition) is 1. The summed E-state index contributed by atoms with van der Waals surface area (Å²) in [6, 6.07) is 7.92. The van der Waals surface area contributed by atoms with Crippen molar-refractivity contribution in [1.82, 2.24) is 19.5 Å². The molecule has 2 aromatic heterocycles. The summed E-state index contributed by atoms with van der Waals surface area (Å²) >= 11 is 9.46. The lowest BCUT2D eigenvalue weighted by Crippen LogP contribution is -2.31. The van der Waals surface area contributed by atoms with Gasteiger partial charge in [0.05, 0.1) is 48.0 Å². The Hall–Kier alpha value is -2.47. The number of nitrogens with one attached hydrogen (secondary N) is 1. The van der Waals surface area contributed by atoms with Crippen LogP contribution in [0, 0.1) is 0 Å². The number of ether oxygens (including phenoxy) is 2. The topological polar surface area (TPSA) is 112 Å². The van der Waals surface area contributed by atoms with Gasteiger partial charge in [0.15, 0.2) is 0 Å². The highest BCUT2D eigenvalue weighted by Crippen LogP contribution is 2.34. The van der Waals surface area contributed by atoms with E-state index >= 15 is 0 Å². The van der Waals surface area contributed by atoms with Crippen molar-refractivity contribution in [2.75, 3.05) is 7.11 Å². The number of pyridine rings is 1. The van der Waals surface area contributed by atoms with Crippen molar-refractivity contribution in [3.63, 3.8) is 0 Å². The number of esters is 1. The molecule has 0 amide bonds. The van der Waals surface area contributed by atoms with Crippen LogP contribution >= 0.6 is 27.5 Å². The van der Waals surface area contributed by atoms with Gasteiger partial charge in [-0.2, -0.15) is 5.10 Å². The van der Waals surface area contributed by atoms with E-state index < -0.39 is 16.1 Å². The van der Waals surface area contributed by atoms with E-state index in [9.17, 15) is 13.2 Å². The van der Waals surface area contributed by atoms with Crippen molar-refractivity contribution in [2.24, 2.45) is 0 Å². The molecule has 0 saturated heterocycles. The predicted molar refractivity (Wildman–Crippen MR) is 128 cm³/mol. The molecule has 1 atom stereocenters. The summed E-state index contributed by atoms with van der Waals surface area (Å²) in [6.45, 7) is 0.380. The first-order chi connectivity index (χ1) is 16.3. The minimum Gasteiger partial charge on any atom is -0.469 e. The van der Waals surface area contributed by atoms with Crippen LogP contribution < -0.4 is 9.46 Å². The molecule has 1 aliphatic rings. The normalized spacial score (nSPS) is 15.6. The van der Waals surface area contributed by atoms with Gasteiger partial charge in [-0.1, -0.05) is 23.7 Å². The third-order valence-electron chi connectivity index (χ3n) is 5.45. The Morgan fingerprint density at radius 1 is 1.32 bits per heavy atom. The van der Waals surface area contributed by atoms with Gasteiger partial charge in [-0.3, -0.25) is 9.48 Å². The maximum atomic E-state index is 13.1. The van der Waals surface area contributed by atoms with Crippen LogP contribution in [0.3, 0.4) is 0 Å². The molecule has 4 rings (SSSR count). The number of aromatic nitrogens is 3. The number of nitrogens with zero attached hydrogens (tertiary/aromatic N) is 3. The number of hydrogen-bond acceptors (Lipinski definition) is 7. The minimum absolute atomic E-state index is 0.00362. The highest BCUT2D eigenvalue weighted by Gasteiger charge is 2.29. The highest BCUT2D eigenvalue weighted by atomic mass is 79.9. The lowest BCUT2D eigenvalue weighted by atomic mass is 9.94. The molecule has 9 nitrogen and oxygen atoms in total. The summed E-state index contributed by atoms with van der Waals surface area (Å²) in [6.07, 6.45) is 5.28. The molecular formula is C22H22BrClN4O5S. The van der Waals surface area contributed by atoms with Crippen LogP contribution in [0.15, 0.2) is 52.1 Å². The zero-order valence-corrected chi connectivity index (χ0v) is 21.4. The Kier molecular flexibility index (Phi) is 7.56. The number of aryl methyl sites for hydroxylation is 1. The van der Waals surface area contributed by atoms with Crippen molar-refractivity contribution in [3.05, 3.63) is 63.5 Å². The molecular weight excluding hydrogens is 548 g/mol. The molecule has 1 aliphatic carbocycles. The van der Waals surface area contributed by atoms with Gasteiger partial charge in [0.25, 0.3) is 0 Å². The van der Waals surface area contributed by atoms with Crippen molar-refractivity contribution >= 4 is 43.5 Å². The molecule has 0 spiro atoms. The standard InChI is InChI=1S/C22H22BrClN4O5S/c1-32-21(29)9-10-28-19-7-4-6-18(15(19)13-26-28)27-34(30,31)14-11-16(23)22(25-12-14)33-20-8-3-2-5-17(20)24/h2-3,5,8,11-13,18,27H,4,6-7,9-10H2,1H3. The minimum atomic E-state index is -3.88. The molecule has 0 fully saturated rings. The molecule has 1 aromatic carbocycles. The van der Waals surface area contributed by atoms with Gasteiger partial charge in [0.2, 0.25) is 15.9 Å². The molecule has 0 saturated carbocycles.